The molecule has 0 fully saturated rings. The molecule has 1 aromatic carbocycles. The van der Waals surface area contributed by atoms with E-state index in [0.717, 1.165) is 13.1 Å². The molecule has 0 aromatic heterocycles. The van der Waals surface area contributed by atoms with E-state index in [1.807, 2.05) is 0 Å². The van der Waals surface area contributed by atoms with Gasteiger partial charge in [0.2, 0.25) is 5.91 Å². The number of primary amides is 1. The van der Waals surface area contributed by atoms with Gasteiger partial charge in [-0.2, -0.15) is 0 Å². The summed E-state index contributed by atoms with van der Waals surface area (Å²) in [6, 6.07) is 8.16. The number of hydrogen-bond donors (Lipinski definition) is 2. The van der Waals surface area contributed by atoms with Gasteiger partial charge in [-0.1, -0.05) is 17.7 Å². The van der Waals surface area contributed by atoms with Crippen molar-refractivity contribution < 1.29 is 4.79 Å². The highest BCUT2D eigenvalue weighted by atomic mass is 16.1. The Morgan fingerprint density at radius 2 is 2.00 bits per heavy atom. The number of hydrogen-bond acceptors (Lipinski definition) is 3. The molecule has 0 aliphatic rings. The topological polar surface area (TPSA) is 58.4 Å². The Morgan fingerprint density at radius 1 is 1.39 bits per heavy atom. The first kappa shape index (κ1) is 14.5. The second kappa shape index (κ2) is 7.01. The molecule has 18 heavy (non-hydrogen) atoms. The molecule has 4 heteroatoms. The van der Waals surface area contributed by atoms with Crippen molar-refractivity contribution in [3.8, 4) is 0 Å². The van der Waals surface area contributed by atoms with Gasteiger partial charge in [-0.05, 0) is 39.4 Å². The van der Waals surface area contributed by atoms with E-state index in [1.54, 1.807) is 7.05 Å². The fourth-order valence-electron chi connectivity index (χ4n) is 1.94. The van der Waals surface area contributed by atoms with Crippen molar-refractivity contribution in [3.63, 3.8) is 0 Å². The third-order valence-corrected chi connectivity index (χ3v) is 3.16. The lowest BCUT2D eigenvalue weighted by Gasteiger charge is -2.25. The van der Waals surface area contributed by atoms with Gasteiger partial charge in [-0.3, -0.25) is 4.79 Å². The number of aryl methyl sites for hydroxylation is 1. The summed E-state index contributed by atoms with van der Waals surface area (Å²) in [7, 11) is 1.76. The lowest BCUT2D eigenvalue weighted by atomic mass is 10.1. The van der Waals surface area contributed by atoms with E-state index in [9.17, 15) is 4.79 Å². The monoisotopic (exact) mass is 249 g/mol. The molecule has 0 spiro atoms. The van der Waals surface area contributed by atoms with Crippen LogP contribution < -0.4 is 16.0 Å². The van der Waals surface area contributed by atoms with Crippen molar-refractivity contribution in [3.05, 3.63) is 29.8 Å². The third-order valence-electron chi connectivity index (χ3n) is 3.16. The van der Waals surface area contributed by atoms with Gasteiger partial charge < -0.3 is 16.0 Å². The van der Waals surface area contributed by atoms with Gasteiger partial charge in [-0.15, -0.1) is 0 Å². The number of rotatable bonds is 7. The lowest BCUT2D eigenvalue weighted by Crippen LogP contribution is -2.41. The van der Waals surface area contributed by atoms with Crippen LogP contribution in [0.1, 0.15) is 18.9 Å². The largest absolute Gasteiger partial charge is 0.372 e. The molecule has 4 nitrogen and oxygen atoms in total. The van der Waals surface area contributed by atoms with Crippen LogP contribution in [0.15, 0.2) is 24.3 Å². The molecule has 0 heterocycles. The predicted molar refractivity (Wildman–Crippen MR) is 75.7 cm³/mol. The molecule has 1 amide bonds. The number of amides is 1. The van der Waals surface area contributed by atoms with Crippen molar-refractivity contribution in [2.45, 2.75) is 26.3 Å². The molecule has 0 aliphatic heterocycles. The van der Waals surface area contributed by atoms with Crippen LogP contribution in [0.4, 0.5) is 5.69 Å². The van der Waals surface area contributed by atoms with Gasteiger partial charge in [0, 0.05) is 18.8 Å². The zero-order chi connectivity index (χ0) is 13.5. The number of benzene rings is 1. The highest BCUT2D eigenvalue weighted by Crippen LogP contribution is 2.15. The Balaban J connectivity index is 2.62. The lowest BCUT2D eigenvalue weighted by molar-refractivity contribution is -0.120. The zero-order valence-corrected chi connectivity index (χ0v) is 11.4. The van der Waals surface area contributed by atoms with Crippen LogP contribution in [0.5, 0.6) is 0 Å². The molecule has 0 saturated heterocycles. The number of carbonyl (C=O) groups is 1. The Kier molecular flexibility index (Phi) is 5.65. The van der Waals surface area contributed by atoms with E-state index in [2.05, 4.69) is 48.3 Å². The molecule has 3 N–H and O–H groups in total. The highest BCUT2D eigenvalue weighted by molar-refractivity contribution is 5.79. The average Bonchev–Trinajstić information content (AvgIpc) is 2.36. The normalized spacial score (nSPS) is 12.2. The van der Waals surface area contributed by atoms with Crippen LogP contribution in [-0.2, 0) is 4.79 Å². The minimum atomic E-state index is -0.294. The molecule has 1 rings (SSSR count). The maximum atomic E-state index is 11.2. The van der Waals surface area contributed by atoms with E-state index >= 15 is 0 Å². The molecule has 1 aromatic rings. The van der Waals surface area contributed by atoms with Crippen LogP contribution in [0, 0.1) is 6.92 Å². The Hall–Kier alpha value is -1.55. The van der Waals surface area contributed by atoms with E-state index in [-0.39, 0.29) is 11.9 Å². The predicted octanol–water partition coefficient (Wildman–Crippen LogP) is 1.28. The molecule has 1 atom stereocenters. The van der Waals surface area contributed by atoms with Gasteiger partial charge in [0.1, 0.15) is 0 Å². The SMILES string of the molecule is CCN(CCC(NC)C(N)=O)c1ccc(C)cc1. The molecule has 1 unspecified atom stereocenters. The summed E-state index contributed by atoms with van der Waals surface area (Å²) in [5.74, 6) is -0.294. The fraction of sp³-hybridized carbons (Fsp3) is 0.500. The number of nitrogens with one attached hydrogen (secondary N) is 1. The minimum absolute atomic E-state index is 0.260. The van der Waals surface area contributed by atoms with Crippen LogP contribution in [0.25, 0.3) is 0 Å². The van der Waals surface area contributed by atoms with Crippen molar-refractivity contribution in [2.24, 2.45) is 5.73 Å². The smallest absolute Gasteiger partial charge is 0.234 e. The summed E-state index contributed by atoms with van der Waals surface area (Å²) in [4.78, 5) is 13.4. The standard InChI is InChI=1S/C14H23N3O/c1-4-17(10-9-13(16-3)14(15)18)12-7-5-11(2)6-8-12/h5-8,13,16H,4,9-10H2,1-3H3,(H2,15,18). The first-order valence-electron chi connectivity index (χ1n) is 6.36. The Bertz CT molecular complexity index is 375. The molecule has 0 aliphatic carbocycles. The van der Waals surface area contributed by atoms with Crippen LogP contribution in [0.3, 0.4) is 0 Å². The van der Waals surface area contributed by atoms with Crippen LogP contribution in [-0.4, -0.2) is 32.1 Å². The van der Waals surface area contributed by atoms with E-state index < -0.39 is 0 Å². The summed E-state index contributed by atoms with van der Waals surface area (Å²) in [6.07, 6.45) is 0.716. The quantitative estimate of drug-likeness (QED) is 0.765. The summed E-state index contributed by atoms with van der Waals surface area (Å²) < 4.78 is 0. The number of nitrogens with two attached hydrogens (primary N) is 1. The second-order valence-corrected chi connectivity index (χ2v) is 4.45. The first-order valence-corrected chi connectivity index (χ1v) is 6.36. The Labute approximate surface area is 109 Å². The maximum Gasteiger partial charge on any atom is 0.234 e. The zero-order valence-electron chi connectivity index (χ0n) is 11.4. The molecule has 0 bridgehead atoms. The van der Waals surface area contributed by atoms with Crippen molar-refractivity contribution in [1.29, 1.82) is 0 Å². The van der Waals surface area contributed by atoms with Crippen LogP contribution >= 0.6 is 0 Å². The summed E-state index contributed by atoms with van der Waals surface area (Å²) in [6.45, 7) is 5.91. The molecule has 100 valence electrons. The van der Waals surface area contributed by atoms with E-state index in [1.165, 1.54) is 11.3 Å². The van der Waals surface area contributed by atoms with Gasteiger partial charge in [0.25, 0.3) is 0 Å². The number of likely N-dealkylation sites (N-methyl/N-ethyl adjacent to an activating group) is 1. The molecular formula is C14H23N3O. The van der Waals surface area contributed by atoms with Crippen molar-refractivity contribution in [1.82, 2.24) is 5.32 Å². The first-order chi connectivity index (χ1) is 8.58. The minimum Gasteiger partial charge on any atom is -0.372 e. The van der Waals surface area contributed by atoms with Crippen molar-refractivity contribution >= 4 is 11.6 Å². The van der Waals surface area contributed by atoms with Gasteiger partial charge >= 0.3 is 0 Å². The van der Waals surface area contributed by atoms with Crippen LogP contribution in [0.2, 0.25) is 0 Å². The summed E-state index contributed by atoms with van der Waals surface area (Å²) >= 11 is 0. The summed E-state index contributed by atoms with van der Waals surface area (Å²) in [5, 5.41) is 2.94. The highest BCUT2D eigenvalue weighted by Gasteiger charge is 2.14. The molecular weight excluding hydrogens is 226 g/mol. The van der Waals surface area contributed by atoms with E-state index in [0.29, 0.717) is 6.42 Å². The Morgan fingerprint density at radius 3 is 2.44 bits per heavy atom. The third kappa shape index (κ3) is 4.04. The fourth-order valence-corrected chi connectivity index (χ4v) is 1.94. The number of carbonyl (C=O) groups excluding carboxylic acids is 1. The van der Waals surface area contributed by atoms with Gasteiger partial charge in [-0.25, -0.2) is 0 Å². The van der Waals surface area contributed by atoms with Gasteiger partial charge in [0.15, 0.2) is 0 Å². The summed E-state index contributed by atoms with van der Waals surface area (Å²) in [5.41, 5.74) is 7.75. The second-order valence-electron chi connectivity index (χ2n) is 4.45. The number of anilines is 1. The maximum absolute atomic E-state index is 11.2. The average molecular weight is 249 g/mol. The number of nitrogens with zero attached hydrogens (tertiary/aromatic N) is 1. The molecule has 0 saturated carbocycles. The molecule has 0 radical (unpaired) electrons. The van der Waals surface area contributed by atoms with Gasteiger partial charge in [0.05, 0.1) is 6.04 Å². The van der Waals surface area contributed by atoms with E-state index in [4.69, 9.17) is 5.73 Å². The van der Waals surface area contributed by atoms with Crippen molar-refractivity contribution in [2.75, 3.05) is 25.0 Å².